The van der Waals surface area contributed by atoms with Crippen LogP contribution in [0.2, 0.25) is 0 Å². The van der Waals surface area contributed by atoms with Crippen molar-refractivity contribution in [2.24, 2.45) is 0 Å². The summed E-state index contributed by atoms with van der Waals surface area (Å²) in [5, 5.41) is 7.16. The molecule has 2 amide bonds. The Morgan fingerprint density at radius 1 is 1.15 bits per heavy atom. The summed E-state index contributed by atoms with van der Waals surface area (Å²) in [5.74, 6) is -0.395. The Labute approximate surface area is 160 Å². The van der Waals surface area contributed by atoms with Gasteiger partial charge in [0.1, 0.15) is 0 Å². The Morgan fingerprint density at radius 3 is 2.78 bits per heavy atom. The molecule has 2 aromatic heterocycles. The lowest BCUT2D eigenvalue weighted by atomic mass is 9.95. The van der Waals surface area contributed by atoms with E-state index in [1.54, 1.807) is 11.3 Å². The van der Waals surface area contributed by atoms with Crippen LogP contribution in [-0.2, 0) is 6.42 Å². The molecule has 0 aliphatic carbocycles. The van der Waals surface area contributed by atoms with Gasteiger partial charge in [-0.1, -0.05) is 12.1 Å². The first-order chi connectivity index (χ1) is 13.2. The van der Waals surface area contributed by atoms with Crippen molar-refractivity contribution in [2.75, 3.05) is 5.32 Å². The van der Waals surface area contributed by atoms with Crippen LogP contribution in [-0.4, -0.2) is 22.0 Å². The number of hydrogen-bond acceptors (Lipinski definition) is 3. The molecule has 2 bridgehead atoms. The molecule has 1 saturated heterocycles. The lowest BCUT2D eigenvalue weighted by molar-refractivity contribution is 0.178. The van der Waals surface area contributed by atoms with Crippen molar-refractivity contribution in [1.29, 1.82) is 0 Å². The standard InChI is InChI=1S/C21H18FN3OS/c22-20-18-11-16-5-6-19(17(18)7-9-23-20)25(16)21(26)24-15-3-1-13(2-4-15)14-8-10-27-12-14/h1-4,7-10,12,16,19H,5-6,11H2,(H,24,26)/t16-,19+/m0/s1. The molecule has 136 valence electrons. The fourth-order valence-corrected chi connectivity index (χ4v) is 4.95. The lowest BCUT2D eigenvalue weighted by Gasteiger charge is -2.36. The van der Waals surface area contributed by atoms with E-state index >= 15 is 0 Å². The van der Waals surface area contributed by atoms with E-state index in [4.69, 9.17) is 0 Å². The van der Waals surface area contributed by atoms with Crippen LogP contribution in [0.4, 0.5) is 14.9 Å². The lowest BCUT2D eigenvalue weighted by Crippen LogP contribution is -2.44. The number of hydrogen-bond donors (Lipinski definition) is 1. The summed E-state index contributed by atoms with van der Waals surface area (Å²) in [7, 11) is 0. The number of pyridine rings is 1. The molecule has 6 heteroatoms. The van der Waals surface area contributed by atoms with Crippen LogP contribution >= 0.6 is 11.3 Å². The summed E-state index contributed by atoms with van der Waals surface area (Å²) in [5.41, 5.74) is 4.65. The molecule has 1 fully saturated rings. The molecule has 4 nitrogen and oxygen atoms in total. The van der Waals surface area contributed by atoms with E-state index in [0.717, 1.165) is 29.7 Å². The molecular formula is C21H18FN3OS. The number of fused-ring (bicyclic) bond motifs is 4. The number of rotatable bonds is 2. The zero-order valence-corrected chi connectivity index (χ0v) is 15.4. The number of carbonyl (C=O) groups excluding carboxylic acids is 1. The minimum atomic E-state index is -0.395. The molecule has 2 atom stereocenters. The second-order valence-corrected chi connectivity index (χ2v) is 7.83. The quantitative estimate of drug-likeness (QED) is 0.619. The Morgan fingerprint density at radius 2 is 2.00 bits per heavy atom. The molecule has 5 rings (SSSR count). The van der Waals surface area contributed by atoms with Gasteiger partial charge in [0.15, 0.2) is 0 Å². The number of benzene rings is 1. The van der Waals surface area contributed by atoms with Crippen LogP contribution in [0.15, 0.2) is 53.4 Å². The molecule has 3 aromatic rings. The largest absolute Gasteiger partial charge is 0.322 e. The van der Waals surface area contributed by atoms with Crippen LogP contribution < -0.4 is 5.32 Å². The Kier molecular flexibility index (Phi) is 3.93. The van der Waals surface area contributed by atoms with Gasteiger partial charge in [0.05, 0.1) is 6.04 Å². The van der Waals surface area contributed by atoms with Gasteiger partial charge in [-0.25, -0.2) is 9.78 Å². The minimum absolute atomic E-state index is 0.0336. The molecule has 27 heavy (non-hydrogen) atoms. The Balaban J connectivity index is 1.36. The van der Waals surface area contributed by atoms with Crippen LogP contribution in [0.5, 0.6) is 0 Å². The van der Waals surface area contributed by atoms with E-state index in [1.165, 1.54) is 11.8 Å². The molecule has 2 aliphatic rings. The maximum absolute atomic E-state index is 14.0. The molecule has 0 radical (unpaired) electrons. The maximum atomic E-state index is 14.0. The number of aromatic nitrogens is 1. The van der Waals surface area contributed by atoms with Crippen molar-refractivity contribution in [3.8, 4) is 11.1 Å². The van der Waals surface area contributed by atoms with Gasteiger partial charge in [-0.05, 0) is 71.0 Å². The van der Waals surface area contributed by atoms with E-state index in [-0.39, 0.29) is 18.1 Å². The van der Waals surface area contributed by atoms with Gasteiger partial charge in [-0.3, -0.25) is 0 Å². The zero-order valence-electron chi connectivity index (χ0n) is 14.6. The van der Waals surface area contributed by atoms with Crippen molar-refractivity contribution in [2.45, 2.75) is 31.3 Å². The van der Waals surface area contributed by atoms with Crippen molar-refractivity contribution in [3.63, 3.8) is 0 Å². The predicted octanol–water partition coefficient (Wildman–Crippen LogP) is 5.24. The number of carbonyl (C=O) groups is 1. The zero-order chi connectivity index (χ0) is 18.4. The summed E-state index contributed by atoms with van der Waals surface area (Å²) in [6.45, 7) is 0. The van der Waals surface area contributed by atoms with Gasteiger partial charge in [-0.15, -0.1) is 0 Å². The minimum Gasteiger partial charge on any atom is -0.314 e. The number of thiophene rings is 1. The average Bonchev–Trinajstić information content (AvgIpc) is 3.31. The molecule has 1 aromatic carbocycles. The summed E-state index contributed by atoms with van der Waals surface area (Å²) < 4.78 is 14.0. The van der Waals surface area contributed by atoms with E-state index < -0.39 is 5.95 Å². The number of urea groups is 1. The molecular weight excluding hydrogens is 361 g/mol. The van der Waals surface area contributed by atoms with Gasteiger partial charge < -0.3 is 10.2 Å². The number of anilines is 1. The Hall–Kier alpha value is -2.73. The molecule has 0 unspecified atom stereocenters. The normalized spacial score (nSPS) is 20.4. The topological polar surface area (TPSA) is 45.2 Å². The number of nitrogens with zero attached hydrogens (tertiary/aromatic N) is 2. The molecule has 4 heterocycles. The van der Waals surface area contributed by atoms with E-state index in [2.05, 4.69) is 21.7 Å². The SMILES string of the molecule is O=C(Nc1ccc(-c2ccsc2)cc1)N1[C@H]2CC[C@@H]1c1ccnc(F)c1C2. The van der Waals surface area contributed by atoms with Gasteiger partial charge >= 0.3 is 6.03 Å². The van der Waals surface area contributed by atoms with Crippen LogP contribution in [0.25, 0.3) is 11.1 Å². The van der Waals surface area contributed by atoms with Crippen molar-refractivity contribution in [3.05, 3.63) is 70.4 Å². The highest BCUT2D eigenvalue weighted by atomic mass is 32.1. The van der Waals surface area contributed by atoms with E-state index in [1.807, 2.05) is 40.6 Å². The van der Waals surface area contributed by atoms with Crippen LogP contribution in [0, 0.1) is 5.95 Å². The van der Waals surface area contributed by atoms with Gasteiger partial charge in [-0.2, -0.15) is 15.7 Å². The third kappa shape index (κ3) is 2.80. The predicted molar refractivity (Wildman–Crippen MR) is 104 cm³/mol. The van der Waals surface area contributed by atoms with Crippen molar-refractivity contribution in [1.82, 2.24) is 9.88 Å². The first-order valence-corrected chi connectivity index (χ1v) is 10.0. The highest BCUT2D eigenvalue weighted by molar-refractivity contribution is 7.08. The average molecular weight is 379 g/mol. The first-order valence-electron chi connectivity index (χ1n) is 9.06. The highest BCUT2D eigenvalue weighted by Crippen LogP contribution is 2.44. The summed E-state index contributed by atoms with van der Waals surface area (Å²) in [6.07, 6.45) is 3.79. The second-order valence-electron chi connectivity index (χ2n) is 7.05. The second kappa shape index (κ2) is 6.46. The van der Waals surface area contributed by atoms with Gasteiger partial charge in [0.2, 0.25) is 5.95 Å². The fraction of sp³-hybridized carbons (Fsp3) is 0.238. The molecule has 0 spiro atoms. The molecule has 2 aliphatic heterocycles. The third-order valence-corrected chi connectivity index (χ3v) is 6.25. The van der Waals surface area contributed by atoms with Crippen molar-refractivity contribution < 1.29 is 9.18 Å². The maximum Gasteiger partial charge on any atom is 0.322 e. The molecule has 0 saturated carbocycles. The fourth-order valence-electron chi connectivity index (χ4n) is 4.29. The van der Waals surface area contributed by atoms with Gasteiger partial charge in [0.25, 0.3) is 0 Å². The van der Waals surface area contributed by atoms with E-state index in [9.17, 15) is 9.18 Å². The van der Waals surface area contributed by atoms with Gasteiger partial charge in [0, 0.05) is 23.5 Å². The highest BCUT2D eigenvalue weighted by Gasteiger charge is 2.43. The first kappa shape index (κ1) is 16.4. The monoisotopic (exact) mass is 379 g/mol. The number of nitrogens with one attached hydrogen (secondary N) is 1. The summed E-state index contributed by atoms with van der Waals surface area (Å²) in [6, 6.07) is 11.6. The Bertz CT molecular complexity index is 987. The van der Waals surface area contributed by atoms with Crippen molar-refractivity contribution >= 4 is 23.1 Å². The smallest absolute Gasteiger partial charge is 0.314 e. The number of halogens is 1. The summed E-state index contributed by atoms with van der Waals surface area (Å²) in [4.78, 5) is 18.6. The van der Waals surface area contributed by atoms with Crippen LogP contribution in [0.1, 0.15) is 30.0 Å². The van der Waals surface area contributed by atoms with E-state index in [0.29, 0.717) is 12.0 Å². The van der Waals surface area contributed by atoms with Crippen LogP contribution in [0.3, 0.4) is 0 Å². The molecule has 1 N–H and O–H groups in total. The number of amides is 2. The third-order valence-electron chi connectivity index (χ3n) is 5.57. The summed E-state index contributed by atoms with van der Waals surface area (Å²) >= 11 is 1.66.